The first-order chi connectivity index (χ1) is 11.7. The molecule has 3 rings (SSSR count). The summed E-state index contributed by atoms with van der Waals surface area (Å²) in [5, 5.41) is 8.75. The minimum Gasteiger partial charge on any atom is -0.273 e. The molecule has 0 saturated heterocycles. The standard InChI is InChI=1S/C19H24N4O/c1-14-18(13-20-21-19(24)16-9-5-3-6-10-16)15(2)23(22-14)17-11-7-4-8-12-17/h4,7-8,11-13,16H,3,5-6,9-10H2,1-2H3,(H,21,24)/b20-13+. The van der Waals surface area contributed by atoms with Gasteiger partial charge in [0.05, 0.1) is 23.3 Å². The molecule has 1 amide bonds. The molecule has 0 radical (unpaired) electrons. The fourth-order valence-corrected chi connectivity index (χ4v) is 3.28. The molecule has 126 valence electrons. The SMILES string of the molecule is Cc1nn(-c2ccccc2)c(C)c1/C=N/NC(=O)C1CCCCC1. The molecule has 1 aromatic carbocycles. The fraction of sp³-hybridized carbons (Fsp3) is 0.421. The molecule has 2 aromatic rings. The number of hydrogen-bond acceptors (Lipinski definition) is 3. The van der Waals surface area contributed by atoms with Crippen LogP contribution in [0.25, 0.3) is 5.69 Å². The molecule has 1 aliphatic carbocycles. The van der Waals surface area contributed by atoms with E-state index >= 15 is 0 Å². The van der Waals surface area contributed by atoms with E-state index in [0.717, 1.165) is 48.3 Å². The Morgan fingerprint density at radius 3 is 2.62 bits per heavy atom. The predicted molar refractivity (Wildman–Crippen MR) is 95.3 cm³/mol. The summed E-state index contributed by atoms with van der Waals surface area (Å²) in [6.45, 7) is 3.97. The van der Waals surface area contributed by atoms with Crippen molar-refractivity contribution in [1.82, 2.24) is 15.2 Å². The first kappa shape index (κ1) is 16.4. The van der Waals surface area contributed by atoms with Crippen LogP contribution in [-0.4, -0.2) is 21.9 Å². The Morgan fingerprint density at radius 1 is 1.21 bits per heavy atom. The van der Waals surface area contributed by atoms with Crippen LogP contribution < -0.4 is 5.43 Å². The van der Waals surface area contributed by atoms with Crippen molar-refractivity contribution in [2.45, 2.75) is 46.0 Å². The lowest BCUT2D eigenvalue weighted by Gasteiger charge is -2.19. The summed E-state index contributed by atoms with van der Waals surface area (Å²) in [6.07, 6.45) is 7.19. The first-order valence-corrected chi connectivity index (χ1v) is 8.61. The topological polar surface area (TPSA) is 59.3 Å². The van der Waals surface area contributed by atoms with E-state index in [1.807, 2.05) is 48.9 Å². The highest BCUT2D eigenvalue weighted by Gasteiger charge is 2.20. The number of rotatable bonds is 4. The molecule has 1 aromatic heterocycles. The zero-order valence-electron chi connectivity index (χ0n) is 14.3. The quantitative estimate of drug-likeness (QED) is 0.691. The van der Waals surface area contributed by atoms with Gasteiger partial charge in [-0.1, -0.05) is 37.5 Å². The van der Waals surface area contributed by atoms with Crippen molar-refractivity contribution in [3.63, 3.8) is 0 Å². The van der Waals surface area contributed by atoms with Gasteiger partial charge in [0.25, 0.3) is 0 Å². The van der Waals surface area contributed by atoms with E-state index in [0.29, 0.717) is 0 Å². The summed E-state index contributed by atoms with van der Waals surface area (Å²) < 4.78 is 1.90. The molecule has 24 heavy (non-hydrogen) atoms. The average molecular weight is 324 g/mol. The van der Waals surface area contributed by atoms with Crippen LogP contribution >= 0.6 is 0 Å². The highest BCUT2D eigenvalue weighted by Crippen LogP contribution is 2.23. The lowest BCUT2D eigenvalue weighted by Crippen LogP contribution is -2.28. The third-order valence-electron chi connectivity index (χ3n) is 4.69. The van der Waals surface area contributed by atoms with Crippen molar-refractivity contribution in [3.05, 3.63) is 47.3 Å². The number of carbonyl (C=O) groups is 1. The molecule has 0 aliphatic heterocycles. The highest BCUT2D eigenvalue weighted by molar-refractivity contribution is 5.85. The summed E-state index contributed by atoms with van der Waals surface area (Å²) in [6, 6.07) is 10.0. The summed E-state index contributed by atoms with van der Waals surface area (Å²) in [5.74, 6) is 0.154. The van der Waals surface area contributed by atoms with Crippen LogP contribution in [-0.2, 0) is 4.79 Å². The number of benzene rings is 1. The van der Waals surface area contributed by atoms with Crippen molar-refractivity contribution in [2.75, 3.05) is 0 Å². The fourth-order valence-electron chi connectivity index (χ4n) is 3.28. The van der Waals surface area contributed by atoms with Crippen molar-refractivity contribution in [2.24, 2.45) is 11.0 Å². The van der Waals surface area contributed by atoms with Crippen LogP contribution in [0.1, 0.15) is 49.1 Å². The normalized spacial score (nSPS) is 15.8. The van der Waals surface area contributed by atoms with Gasteiger partial charge in [-0.2, -0.15) is 10.2 Å². The second-order valence-corrected chi connectivity index (χ2v) is 6.40. The molecule has 1 fully saturated rings. The van der Waals surface area contributed by atoms with Gasteiger partial charge in [-0.05, 0) is 38.8 Å². The molecular weight excluding hydrogens is 300 g/mol. The maximum atomic E-state index is 12.1. The molecule has 5 heteroatoms. The Bertz CT molecular complexity index is 727. The monoisotopic (exact) mass is 324 g/mol. The molecule has 1 saturated carbocycles. The zero-order chi connectivity index (χ0) is 16.9. The van der Waals surface area contributed by atoms with E-state index in [4.69, 9.17) is 0 Å². The number of hydrogen-bond donors (Lipinski definition) is 1. The minimum atomic E-state index is 0.0386. The molecular formula is C19H24N4O. The van der Waals surface area contributed by atoms with E-state index in [-0.39, 0.29) is 11.8 Å². The van der Waals surface area contributed by atoms with Gasteiger partial charge in [-0.25, -0.2) is 10.1 Å². The van der Waals surface area contributed by atoms with Gasteiger partial charge in [0.2, 0.25) is 5.91 Å². The largest absolute Gasteiger partial charge is 0.273 e. The molecule has 5 nitrogen and oxygen atoms in total. The second-order valence-electron chi connectivity index (χ2n) is 6.40. The Hall–Kier alpha value is -2.43. The zero-order valence-corrected chi connectivity index (χ0v) is 14.3. The van der Waals surface area contributed by atoms with Crippen LogP contribution in [0.3, 0.4) is 0 Å². The number of para-hydroxylation sites is 1. The van der Waals surface area contributed by atoms with Crippen LogP contribution in [0.4, 0.5) is 0 Å². The van der Waals surface area contributed by atoms with Crippen molar-refractivity contribution in [3.8, 4) is 5.69 Å². The molecule has 1 aliphatic rings. The molecule has 0 bridgehead atoms. The van der Waals surface area contributed by atoms with E-state index < -0.39 is 0 Å². The second kappa shape index (κ2) is 7.43. The average Bonchev–Trinajstić information content (AvgIpc) is 2.91. The number of aryl methyl sites for hydroxylation is 1. The van der Waals surface area contributed by atoms with Gasteiger partial charge < -0.3 is 0 Å². The highest BCUT2D eigenvalue weighted by atomic mass is 16.2. The minimum absolute atomic E-state index is 0.0386. The molecule has 1 heterocycles. The number of amides is 1. The van der Waals surface area contributed by atoms with Gasteiger partial charge >= 0.3 is 0 Å². The Kier molecular flexibility index (Phi) is 5.08. The Balaban J connectivity index is 1.71. The maximum Gasteiger partial charge on any atom is 0.243 e. The predicted octanol–water partition coefficient (Wildman–Crippen LogP) is 3.52. The van der Waals surface area contributed by atoms with E-state index in [1.54, 1.807) is 6.21 Å². The Labute approximate surface area is 142 Å². The first-order valence-electron chi connectivity index (χ1n) is 8.61. The van der Waals surface area contributed by atoms with Gasteiger partial charge in [0, 0.05) is 11.5 Å². The van der Waals surface area contributed by atoms with Crippen molar-refractivity contribution in [1.29, 1.82) is 0 Å². The molecule has 0 atom stereocenters. The van der Waals surface area contributed by atoms with Gasteiger partial charge in [-0.3, -0.25) is 4.79 Å². The van der Waals surface area contributed by atoms with Crippen molar-refractivity contribution < 1.29 is 4.79 Å². The van der Waals surface area contributed by atoms with Crippen LogP contribution in [0.5, 0.6) is 0 Å². The smallest absolute Gasteiger partial charge is 0.243 e. The van der Waals surface area contributed by atoms with Crippen molar-refractivity contribution >= 4 is 12.1 Å². The summed E-state index contributed by atoms with van der Waals surface area (Å²) in [7, 11) is 0. The molecule has 0 unspecified atom stereocenters. The van der Waals surface area contributed by atoms with Gasteiger partial charge in [0.15, 0.2) is 0 Å². The third-order valence-corrected chi connectivity index (χ3v) is 4.69. The van der Waals surface area contributed by atoms with Crippen LogP contribution in [0, 0.1) is 19.8 Å². The lowest BCUT2D eigenvalue weighted by molar-refractivity contribution is -0.125. The summed E-state index contributed by atoms with van der Waals surface area (Å²) in [5.41, 5.74) is 6.57. The van der Waals surface area contributed by atoms with Gasteiger partial charge in [0.1, 0.15) is 0 Å². The Morgan fingerprint density at radius 2 is 1.92 bits per heavy atom. The van der Waals surface area contributed by atoms with E-state index in [1.165, 1.54) is 6.42 Å². The van der Waals surface area contributed by atoms with Crippen LogP contribution in [0.15, 0.2) is 35.4 Å². The lowest BCUT2D eigenvalue weighted by atomic mass is 9.89. The number of nitrogens with zero attached hydrogens (tertiary/aromatic N) is 3. The molecule has 0 spiro atoms. The number of aromatic nitrogens is 2. The van der Waals surface area contributed by atoms with E-state index in [9.17, 15) is 4.79 Å². The van der Waals surface area contributed by atoms with Gasteiger partial charge in [-0.15, -0.1) is 0 Å². The third kappa shape index (κ3) is 3.55. The number of nitrogens with one attached hydrogen (secondary N) is 1. The van der Waals surface area contributed by atoms with E-state index in [2.05, 4.69) is 15.6 Å². The molecule has 1 N–H and O–H groups in total. The maximum absolute atomic E-state index is 12.1. The number of carbonyl (C=O) groups excluding carboxylic acids is 1. The summed E-state index contributed by atoms with van der Waals surface area (Å²) >= 11 is 0. The number of hydrazone groups is 1. The van der Waals surface area contributed by atoms with Crippen LogP contribution in [0.2, 0.25) is 0 Å². The summed E-state index contributed by atoms with van der Waals surface area (Å²) in [4.78, 5) is 12.1.